The molecule has 0 saturated heterocycles. The Labute approximate surface area is 146 Å². The summed E-state index contributed by atoms with van der Waals surface area (Å²) in [5, 5.41) is 29.8. The van der Waals surface area contributed by atoms with E-state index in [0.717, 1.165) is 24.0 Å². The molecule has 2 aromatic rings. The number of rotatable bonds is 4. The van der Waals surface area contributed by atoms with Gasteiger partial charge in [0.25, 0.3) is 5.69 Å². The Morgan fingerprint density at radius 3 is 2.48 bits per heavy atom. The monoisotopic (exact) mass is 339 g/mol. The zero-order chi connectivity index (χ0) is 17.8. The van der Waals surface area contributed by atoms with Crippen molar-refractivity contribution in [3.63, 3.8) is 0 Å². The van der Waals surface area contributed by atoms with Crippen molar-refractivity contribution >= 4 is 17.1 Å². The van der Waals surface area contributed by atoms with Crippen LogP contribution < -0.4 is 0 Å². The third-order valence-electron chi connectivity index (χ3n) is 4.65. The van der Waals surface area contributed by atoms with Gasteiger partial charge in [-0.05, 0) is 48.9 Å². The van der Waals surface area contributed by atoms with Gasteiger partial charge in [-0.15, -0.1) is 10.2 Å². The minimum absolute atomic E-state index is 0.106. The lowest BCUT2D eigenvalue weighted by Gasteiger charge is -2.23. The number of azo groups is 1. The predicted octanol–water partition coefficient (Wildman–Crippen LogP) is 6.07. The minimum atomic E-state index is -0.488. The van der Waals surface area contributed by atoms with E-state index >= 15 is 0 Å². The van der Waals surface area contributed by atoms with Crippen molar-refractivity contribution in [2.24, 2.45) is 10.2 Å². The number of aromatic hydroxyl groups is 1. The molecule has 0 aliphatic heterocycles. The summed E-state index contributed by atoms with van der Waals surface area (Å²) in [5.41, 5.74) is 2.34. The van der Waals surface area contributed by atoms with Crippen LogP contribution in [-0.4, -0.2) is 10.0 Å². The second-order valence-corrected chi connectivity index (χ2v) is 6.50. The van der Waals surface area contributed by atoms with Gasteiger partial charge in [-0.1, -0.05) is 37.5 Å². The van der Waals surface area contributed by atoms with Crippen LogP contribution in [0.2, 0.25) is 0 Å². The molecular formula is C19H21N3O3. The number of nitrogens with zero attached hydrogens (tertiary/aromatic N) is 3. The maximum Gasteiger partial charge on any atom is 0.296 e. The summed E-state index contributed by atoms with van der Waals surface area (Å²) in [6.45, 7) is 1.95. The molecule has 6 heteroatoms. The van der Waals surface area contributed by atoms with E-state index in [1.165, 1.54) is 31.4 Å². The van der Waals surface area contributed by atoms with Crippen molar-refractivity contribution in [3.05, 3.63) is 57.6 Å². The van der Waals surface area contributed by atoms with E-state index in [0.29, 0.717) is 11.6 Å². The first-order valence-electron chi connectivity index (χ1n) is 8.55. The lowest BCUT2D eigenvalue weighted by molar-refractivity contribution is -0.384. The Morgan fingerprint density at radius 1 is 1.08 bits per heavy atom. The van der Waals surface area contributed by atoms with Crippen LogP contribution in [0.3, 0.4) is 0 Å². The molecule has 3 rings (SSSR count). The first kappa shape index (κ1) is 17.1. The predicted molar refractivity (Wildman–Crippen MR) is 95.9 cm³/mol. The molecule has 1 aliphatic rings. The number of para-hydroxylation sites is 1. The molecule has 2 aromatic carbocycles. The second-order valence-electron chi connectivity index (χ2n) is 6.50. The Hall–Kier alpha value is -2.76. The van der Waals surface area contributed by atoms with Crippen LogP contribution in [-0.2, 0) is 0 Å². The molecule has 0 unspecified atom stereocenters. The van der Waals surface area contributed by atoms with E-state index in [1.54, 1.807) is 18.2 Å². The van der Waals surface area contributed by atoms with Crippen LogP contribution >= 0.6 is 0 Å². The highest BCUT2D eigenvalue weighted by Crippen LogP contribution is 2.42. The summed E-state index contributed by atoms with van der Waals surface area (Å²) in [6, 6.07) is 9.94. The van der Waals surface area contributed by atoms with E-state index in [-0.39, 0.29) is 17.1 Å². The van der Waals surface area contributed by atoms with E-state index < -0.39 is 4.92 Å². The Morgan fingerprint density at radius 2 is 1.76 bits per heavy atom. The highest BCUT2D eigenvalue weighted by molar-refractivity contribution is 5.60. The highest BCUT2D eigenvalue weighted by atomic mass is 16.6. The Balaban J connectivity index is 1.95. The number of benzene rings is 2. The molecule has 0 radical (unpaired) electrons. The van der Waals surface area contributed by atoms with Gasteiger partial charge >= 0.3 is 0 Å². The molecule has 6 nitrogen and oxygen atoms in total. The van der Waals surface area contributed by atoms with Crippen LogP contribution in [0.4, 0.5) is 17.1 Å². The number of phenols is 1. The third kappa shape index (κ3) is 3.84. The number of hydrogen-bond acceptors (Lipinski definition) is 5. The summed E-state index contributed by atoms with van der Waals surface area (Å²) in [5.74, 6) is 0.480. The molecule has 130 valence electrons. The number of nitro benzene ring substituents is 1. The molecule has 1 N–H and O–H groups in total. The van der Waals surface area contributed by atoms with Crippen molar-refractivity contribution in [2.45, 2.75) is 44.9 Å². The summed E-state index contributed by atoms with van der Waals surface area (Å²) in [4.78, 5) is 10.6. The molecule has 0 amide bonds. The second kappa shape index (κ2) is 7.42. The number of phenolic OH excluding ortho intramolecular Hbond substituents is 1. The average Bonchev–Trinajstić information content (AvgIpc) is 2.63. The summed E-state index contributed by atoms with van der Waals surface area (Å²) >= 11 is 0. The summed E-state index contributed by atoms with van der Waals surface area (Å²) < 4.78 is 0. The summed E-state index contributed by atoms with van der Waals surface area (Å²) in [6.07, 6.45) is 5.72. The number of hydrogen-bond donors (Lipinski definition) is 1. The van der Waals surface area contributed by atoms with Gasteiger partial charge in [0.2, 0.25) is 0 Å². The smallest absolute Gasteiger partial charge is 0.296 e. The largest absolute Gasteiger partial charge is 0.505 e. The average molecular weight is 339 g/mol. The topological polar surface area (TPSA) is 88.1 Å². The minimum Gasteiger partial charge on any atom is -0.505 e. The van der Waals surface area contributed by atoms with Gasteiger partial charge in [0.15, 0.2) is 5.69 Å². The molecule has 0 spiro atoms. The molecule has 1 fully saturated rings. The van der Waals surface area contributed by atoms with Crippen molar-refractivity contribution in [1.82, 2.24) is 0 Å². The third-order valence-corrected chi connectivity index (χ3v) is 4.65. The Bertz CT molecular complexity index is 812. The number of aryl methyl sites for hydroxylation is 1. The molecular weight excluding hydrogens is 318 g/mol. The SMILES string of the molecule is Cc1cc(/N=N/c2ccccc2[N+](=O)[O-])c(O)c(C2CCCCC2)c1. The van der Waals surface area contributed by atoms with Crippen molar-refractivity contribution in [3.8, 4) is 5.75 Å². The van der Waals surface area contributed by atoms with E-state index in [4.69, 9.17) is 0 Å². The molecule has 25 heavy (non-hydrogen) atoms. The fraction of sp³-hybridized carbons (Fsp3) is 0.368. The first-order chi connectivity index (χ1) is 12.1. The molecule has 0 bridgehead atoms. The van der Waals surface area contributed by atoms with Gasteiger partial charge < -0.3 is 5.11 Å². The lowest BCUT2D eigenvalue weighted by Crippen LogP contribution is -2.05. The zero-order valence-electron chi connectivity index (χ0n) is 14.2. The van der Waals surface area contributed by atoms with Crippen molar-refractivity contribution < 1.29 is 10.0 Å². The van der Waals surface area contributed by atoms with Gasteiger partial charge in [-0.2, -0.15) is 0 Å². The van der Waals surface area contributed by atoms with E-state index in [1.807, 2.05) is 13.0 Å². The first-order valence-corrected chi connectivity index (χ1v) is 8.55. The van der Waals surface area contributed by atoms with E-state index in [9.17, 15) is 15.2 Å². The van der Waals surface area contributed by atoms with Gasteiger partial charge in [0.05, 0.1) is 4.92 Å². The quantitative estimate of drug-likeness (QED) is 0.416. The molecule has 0 atom stereocenters. The molecule has 1 aliphatic carbocycles. The lowest BCUT2D eigenvalue weighted by atomic mass is 9.83. The van der Waals surface area contributed by atoms with Gasteiger partial charge in [0.1, 0.15) is 11.4 Å². The van der Waals surface area contributed by atoms with Gasteiger partial charge in [-0.25, -0.2) is 0 Å². The van der Waals surface area contributed by atoms with Crippen molar-refractivity contribution in [1.29, 1.82) is 0 Å². The zero-order valence-corrected chi connectivity index (χ0v) is 14.2. The standard InChI is InChI=1S/C19H21N3O3/c1-13-11-15(14-7-3-2-4-8-14)19(23)17(12-13)21-20-16-9-5-6-10-18(16)22(24)25/h5-6,9-12,14,23H,2-4,7-8H2,1H3/b21-20+. The number of nitro groups is 1. The fourth-order valence-electron chi connectivity index (χ4n) is 3.40. The van der Waals surface area contributed by atoms with E-state index in [2.05, 4.69) is 10.2 Å². The van der Waals surface area contributed by atoms with Crippen LogP contribution in [0, 0.1) is 17.0 Å². The van der Waals surface area contributed by atoms with Crippen LogP contribution in [0.25, 0.3) is 0 Å². The maximum absolute atomic E-state index is 11.1. The van der Waals surface area contributed by atoms with Crippen LogP contribution in [0.5, 0.6) is 5.75 Å². The van der Waals surface area contributed by atoms with Crippen LogP contribution in [0.15, 0.2) is 46.6 Å². The summed E-state index contributed by atoms with van der Waals surface area (Å²) in [7, 11) is 0. The normalized spacial score (nSPS) is 15.6. The highest BCUT2D eigenvalue weighted by Gasteiger charge is 2.21. The molecule has 0 aromatic heterocycles. The molecule has 0 heterocycles. The fourth-order valence-corrected chi connectivity index (χ4v) is 3.40. The van der Waals surface area contributed by atoms with Crippen molar-refractivity contribution in [2.75, 3.05) is 0 Å². The van der Waals surface area contributed by atoms with Gasteiger partial charge in [-0.3, -0.25) is 10.1 Å². The van der Waals surface area contributed by atoms with Gasteiger partial charge in [0, 0.05) is 6.07 Å². The maximum atomic E-state index is 11.1. The Kier molecular flexibility index (Phi) is 5.07. The van der Waals surface area contributed by atoms with Crippen LogP contribution in [0.1, 0.15) is 49.1 Å². The molecule has 1 saturated carbocycles.